The Morgan fingerprint density at radius 3 is 2.57 bits per heavy atom. The molecule has 4 aromatic rings. The molecule has 4 nitrogen and oxygen atoms in total. The number of para-hydroxylation sites is 1. The Bertz CT molecular complexity index is 1060. The SMILES string of the molecule is [2H]c1c([2H])c(-n2c3ccccc3c3ccncc32)c([2H])c([2H])c1NO. The molecular weight excluding hydrogens is 262 g/mol. The third-order valence-corrected chi connectivity index (χ3v) is 3.42. The topological polar surface area (TPSA) is 50.1 Å². The highest BCUT2D eigenvalue weighted by Gasteiger charge is 2.11. The monoisotopic (exact) mass is 279 g/mol. The molecule has 0 aliphatic carbocycles. The van der Waals surface area contributed by atoms with E-state index in [0.29, 0.717) is 5.52 Å². The second-order valence-electron chi connectivity index (χ2n) is 4.58. The molecular formula is C17H13N3O. The van der Waals surface area contributed by atoms with Crippen LogP contribution in [-0.4, -0.2) is 14.8 Å². The van der Waals surface area contributed by atoms with Gasteiger partial charge < -0.3 is 4.57 Å². The van der Waals surface area contributed by atoms with Gasteiger partial charge in [-0.2, -0.15) is 0 Å². The predicted molar refractivity (Wildman–Crippen MR) is 84.0 cm³/mol. The summed E-state index contributed by atoms with van der Waals surface area (Å²) in [7, 11) is 0. The molecule has 2 heterocycles. The lowest BCUT2D eigenvalue weighted by Crippen LogP contribution is -1.95. The Kier molecular flexibility index (Phi) is 1.85. The number of rotatable bonds is 2. The lowest BCUT2D eigenvalue weighted by Gasteiger charge is -2.08. The van der Waals surface area contributed by atoms with Gasteiger partial charge in [0.1, 0.15) is 0 Å². The highest BCUT2D eigenvalue weighted by molar-refractivity contribution is 6.08. The zero-order valence-corrected chi connectivity index (χ0v) is 10.9. The standard InChI is InChI=1S/C17H13N3O/c21-19-12-5-7-13(8-6-12)20-16-4-2-1-3-14(16)15-9-10-18-11-17(15)20/h1-11,19,21H/i5D,6D,7D,8D. The van der Waals surface area contributed by atoms with Gasteiger partial charge in [0, 0.05) is 22.7 Å². The largest absolute Gasteiger partial charge is 0.308 e. The van der Waals surface area contributed by atoms with E-state index in [-0.39, 0.29) is 35.5 Å². The summed E-state index contributed by atoms with van der Waals surface area (Å²) in [6, 6.07) is 8.24. The molecule has 21 heavy (non-hydrogen) atoms. The Labute approximate surface area is 126 Å². The summed E-state index contributed by atoms with van der Waals surface area (Å²) in [4.78, 5) is 4.14. The highest BCUT2D eigenvalue weighted by Crippen LogP contribution is 2.31. The Morgan fingerprint density at radius 2 is 1.76 bits per heavy atom. The average Bonchev–Trinajstić information content (AvgIpc) is 2.96. The van der Waals surface area contributed by atoms with Crippen LogP contribution in [0.4, 0.5) is 5.69 Å². The molecule has 0 saturated carbocycles. The van der Waals surface area contributed by atoms with Crippen molar-refractivity contribution in [3.8, 4) is 5.69 Å². The second-order valence-corrected chi connectivity index (χ2v) is 4.58. The molecule has 0 fully saturated rings. The minimum atomic E-state index is -0.340. The van der Waals surface area contributed by atoms with Crippen LogP contribution >= 0.6 is 0 Å². The van der Waals surface area contributed by atoms with E-state index >= 15 is 0 Å². The fourth-order valence-electron chi connectivity index (χ4n) is 2.53. The molecule has 0 bridgehead atoms. The molecule has 102 valence electrons. The van der Waals surface area contributed by atoms with Crippen LogP contribution in [0.15, 0.2) is 66.9 Å². The van der Waals surface area contributed by atoms with Crippen molar-refractivity contribution in [1.82, 2.24) is 9.55 Å². The highest BCUT2D eigenvalue weighted by atomic mass is 16.5. The minimum Gasteiger partial charge on any atom is -0.308 e. The number of benzene rings is 2. The van der Waals surface area contributed by atoms with Crippen molar-refractivity contribution < 1.29 is 10.7 Å². The minimum absolute atomic E-state index is 0.119. The van der Waals surface area contributed by atoms with Gasteiger partial charge in [0.2, 0.25) is 0 Å². The van der Waals surface area contributed by atoms with Crippen molar-refractivity contribution in [3.63, 3.8) is 0 Å². The molecule has 2 aromatic carbocycles. The van der Waals surface area contributed by atoms with Gasteiger partial charge in [-0.1, -0.05) is 18.2 Å². The zero-order valence-electron chi connectivity index (χ0n) is 14.9. The van der Waals surface area contributed by atoms with Crippen LogP contribution in [0.5, 0.6) is 0 Å². The molecule has 0 amide bonds. The molecule has 0 saturated heterocycles. The number of nitrogens with one attached hydrogen (secondary N) is 1. The van der Waals surface area contributed by atoms with Gasteiger partial charge in [-0.15, -0.1) is 0 Å². The van der Waals surface area contributed by atoms with E-state index in [2.05, 4.69) is 4.98 Å². The number of pyridine rings is 1. The number of aromatic nitrogens is 2. The second kappa shape index (κ2) is 4.61. The summed E-state index contributed by atoms with van der Waals surface area (Å²) in [6.07, 6.45) is 3.31. The fraction of sp³-hybridized carbons (Fsp3) is 0. The van der Waals surface area contributed by atoms with Crippen LogP contribution in [0, 0.1) is 0 Å². The number of hydrogen-bond acceptors (Lipinski definition) is 3. The predicted octanol–water partition coefficient (Wildman–Crippen LogP) is 3.98. The number of fused-ring (bicyclic) bond motifs is 3. The van der Waals surface area contributed by atoms with E-state index in [9.17, 15) is 0 Å². The van der Waals surface area contributed by atoms with Gasteiger partial charge >= 0.3 is 0 Å². The summed E-state index contributed by atoms with van der Waals surface area (Å²) in [5, 5.41) is 11.0. The molecule has 0 atom stereocenters. The summed E-state index contributed by atoms with van der Waals surface area (Å²) in [6.45, 7) is 0. The molecule has 0 aliphatic rings. The third kappa shape index (κ3) is 1.77. The smallest absolute Gasteiger partial charge is 0.0724 e. The van der Waals surface area contributed by atoms with Crippen molar-refractivity contribution in [2.24, 2.45) is 0 Å². The van der Waals surface area contributed by atoms with Crippen molar-refractivity contribution >= 4 is 27.5 Å². The first-order valence-corrected chi connectivity index (χ1v) is 6.40. The molecule has 2 N–H and O–H groups in total. The van der Waals surface area contributed by atoms with Crippen LogP contribution < -0.4 is 5.48 Å². The Hall–Kier alpha value is -2.85. The molecule has 0 radical (unpaired) electrons. The molecule has 4 rings (SSSR count). The van der Waals surface area contributed by atoms with Gasteiger partial charge in [-0.05, 0) is 36.3 Å². The van der Waals surface area contributed by atoms with Crippen molar-refractivity contribution in [2.75, 3.05) is 5.48 Å². The zero-order chi connectivity index (χ0) is 17.7. The molecule has 0 aliphatic heterocycles. The number of nitrogens with zero attached hydrogens (tertiary/aromatic N) is 2. The van der Waals surface area contributed by atoms with E-state index in [1.54, 1.807) is 22.4 Å². The van der Waals surface area contributed by atoms with Crippen LogP contribution in [0.3, 0.4) is 0 Å². The Balaban J connectivity index is 2.23. The van der Waals surface area contributed by atoms with E-state index in [0.717, 1.165) is 16.3 Å². The van der Waals surface area contributed by atoms with Crippen LogP contribution in [-0.2, 0) is 0 Å². The van der Waals surface area contributed by atoms with Crippen LogP contribution in [0.1, 0.15) is 5.48 Å². The maximum absolute atomic E-state index is 9.14. The van der Waals surface area contributed by atoms with Gasteiger partial charge in [0.25, 0.3) is 0 Å². The van der Waals surface area contributed by atoms with Gasteiger partial charge in [0.15, 0.2) is 0 Å². The summed E-state index contributed by atoms with van der Waals surface area (Å²) in [5.74, 6) is 0. The first-order valence-electron chi connectivity index (χ1n) is 8.40. The van der Waals surface area contributed by atoms with E-state index in [1.807, 2.05) is 30.3 Å². The normalized spacial score (nSPS) is 13.8. The maximum atomic E-state index is 9.14. The molecule has 0 spiro atoms. The van der Waals surface area contributed by atoms with E-state index in [4.69, 9.17) is 10.7 Å². The maximum Gasteiger partial charge on any atom is 0.0724 e. The van der Waals surface area contributed by atoms with Crippen molar-refractivity contribution in [2.45, 2.75) is 0 Å². The van der Waals surface area contributed by atoms with Gasteiger partial charge in [-0.3, -0.25) is 15.7 Å². The first-order chi connectivity index (χ1) is 12.1. The third-order valence-electron chi connectivity index (χ3n) is 3.42. The lowest BCUT2D eigenvalue weighted by atomic mass is 10.2. The summed E-state index contributed by atoms with van der Waals surface area (Å²) in [5.41, 5.74) is 3.07. The van der Waals surface area contributed by atoms with E-state index in [1.165, 1.54) is 0 Å². The quantitative estimate of drug-likeness (QED) is 0.546. The number of hydrogen-bond donors (Lipinski definition) is 2. The Morgan fingerprint density at radius 1 is 1.00 bits per heavy atom. The summed E-state index contributed by atoms with van der Waals surface area (Å²) >= 11 is 0. The van der Waals surface area contributed by atoms with Crippen LogP contribution in [0.25, 0.3) is 27.5 Å². The summed E-state index contributed by atoms with van der Waals surface area (Å²) < 4.78 is 34.4. The number of anilines is 1. The molecule has 4 heteroatoms. The van der Waals surface area contributed by atoms with Gasteiger partial charge in [0.05, 0.1) is 28.4 Å². The first kappa shape index (κ1) is 8.44. The van der Waals surface area contributed by atoms with Gasteiger partial charge in [-0.25, -0.2) is 0 Å². The van der Waals surface area contributed by atoms with Crippen molar-refractivity contribution in [3.05, 3.63) is 66.9 Å². The lowest BCUT2D eigenvalue weighted by molar-refractivity contribution is 0.389. The van der Waals surface area contributed by atoms with Crippen LogP contribution in [0.2, 0.25) is 0 Å². The van der Waals surface area contributed by atoms with E-state index < -0.39 is 0 Å². The fourth-order valence-corrected chi connectivity index (χ4v) is 2.53. The average molecular weight is 279 g/mol. The molecule has 2 aromatic heterocycles. The van der Waals surface area contributed by atoms with Crippen molar-refractivity contribution in [1.29, 1.82) is 0 Å². The molecule has 0 unspecified atom stereocenters.